The van der Waals surface area contributed by atoms with E-state index in [0.717, 1.165) is 25.9 Å². The first-order chi connectivity index (χ1) is 7.87. The molecule has 0 aromatic heterocycles. The monoisotopic (exact) mass is 262 g/mol. The molecular formula is C11H22N2O3S. The van der Waals surface area contributed by atoms with Gasteiger partial charge in [0.15, 0.2) is 0 Å². The Kier molecular flexibility index (Phi) is 5.55. The molecule has 17 heavy (non-hydrogen) atoms. The van der Waals surface area contributed by atoms with Gasteiger partial charge in [0, 0.05) is 31.8 Å². The minimum Gasteiger partial charge on any atom is -0.328 e. The van der Waals surface area contributed by atoms with E-state index in [2.05, 4.69) is 4.90 Å². The third kappa shape index (κ3) is 6.75. The van der Waals surface area contributed by atoms with Crippen LogP contribution in [0.15, 0.2) is 0 Å². The first-order valence-electron chi connectivity index (χ1n) is 6.04. The second kappa shape index (κ2) is 6.47. The zero-order chi connectivity index (χ0) is 12.9. The average Bonchev–Trinajstić information content (AvgIpc) is 2.19. The van der Waals surface area contributed by atoms with Crippen molar-refractivity contribution in [3.8, 4) is 0 Å². The highest BCUT2D eigenvalue weighted by Crippen LogP contribution is 2.08. The maximum absolute atomic E-state index is 11.6. The van der Waals surface area contributed by atoms with E-state index in [1.54, 1.807) is 0 Å². The van der Waals surface area contributed by atoms with Crippen molar-refractivity contribution in [2.45, 2.75) is 31.7 Å². The molecule has 0 unspecified atom stereocenters. The Labute approximate surface area is 103 Å². The molecule has 0 bridgehead atoms. The van der Waals surface area contributed by atoms with Crippen molar-refractivity contribution >= 4 is 15.6 Å². The Bertz CT molecular complexity index is 346. The molecule has 100 valence electrons. The minimum atomic E-state index is -2.94. The smallest absolute Gasteiger partial charge is 0.147 e. The van der Waals surface area contributed by atoms with Crippen LogP contribution in [0.5, 0.6) is 0 Å². The lowest BCUT2D eigenvalue weighted by molar-refractivity contribution is -0.120. The van der Waals surface area contributed by atoms with Crippen molar-refractivity contribution in [2.24, 2.45) is 5.73 Å². The van der Waals surface area contributed by atoms with Gasteiger partial charge in [0.05, 0.1) is 12.3 Å². The van der Waals surface area contributed by atoms with E-state index in [9.17, 15) is 13.2 Å². The number of hydrogen-bond acceptors (Lipinski definition) is 5. The fraction of sp³-hybridized carbons (Fsp3) is 0.909. The van der Waals surface area contributed by atoms with Crippen LogP contribution in [-0.4, -0.2) is 56.8 Å². The fourth-order valence-corrected chi connectivity index (χ4v) is 2.64. The van der Waals surface area contributed by atoms with E-state index in [-0.39, 0.29) is 17.6 Å². The van der Waals surface area contributed by atoms with Gasteiger partial charge in [-0.2, -0.15) is 0 Å². The van der Waals surface area contributed by atoms with Crippen molar-refractivity contribution < 1.29 is 13.2 Å². The molecule has 0 atom stereocenters. The van der Waals surface area contributed by atoms with Crippen molar-refractivity contribution in [2.75, 3.05) is 31.6 Å². The van der Waals surface area contributed by atoms with Crippen LogP contribution in [0.25, 0.3) is 0 Å². The molecule has 0 aliphatic carbocycles. The molecule has 0 amide bonds. The molecule has 0 spiro atoms. The predicted molar refractivity (Wildman–Crippen MR) is 67.6 cm³/mol. The maximum Gasteiger partial charge on any atom is 0.147 e. The van der Waals surface area contributed by atoms with Crippen LogP contribution in [0.4, 0.5) is 0 Å². The molecule has 2 N–H and O–H groups in total. The summed E-state index contributed by atoms with van der Waals surface area (Å²) in [4.78, 5) is 13.7. The number of piperidine rings is 1. The van der Waals surface area contributed by atoms with Crippen LogP contribution < -0.4 is 5.73 Å². The molecule has 1 aliphatic rings. The fourth-order valence-electron chi connectivity index (χ4n) is 1.97. The van der Waals surface area contributed by atoms with Crippen LogP contribution in [-0.2, 0) is 14.6 Å². The van der Waals surface area contributed by atoms with Crippen LogP contribution in [0, 0.1) is 0 Å². The van der Waals surface area contributed by atoms with Crippen LogP contribution in [0.2, 0.25) is 0 Å². The third-order valence-corrected chi connectivity index (χ3v) is 4.03. The topological polar surface area (TPSA) is 80.5 Å². The molecular weight excluding hydrogens is 240 g/mol. The van der Waals surface area contributed by atoms with Gasteiger partial charge in [-0.25, -0.2) is 8.42 Å². The van der Waals surface area contributed by atoms with Gasteiger partial charge in [-0.3, -0.25) is 9.69 Å². The summed E-state index contributed by atoms with van der Waals surface area (Å²) in [5.41, 5.74) is 5.78. The number of Topliss-reactive ketones (excluding diaryl/α,β-unsaturated/α-hetero) is 1. The first kappa shape index (κ1) is 14.6. The summed E-state index contributed by atoms with van der Waals surface area (Å²) < 4.78 is 21.8. The summed E-state index contributed by atoms with van der Waals surface area (Å²) in [6.45, 7) is 2.19. The summed E-state index contributed by atoms with van der Waals surface area (Å²) in [5, 5.41) is 0. The molecule has 6 heteroatoms. The predicted octanol–water partition coefficient (Wildman–Crippen LogP) is -0.197. The normalized spacial score (nSPS) is 19.4. The molecule has 1 saturated heterocycles. The van der Waals surface area contributed by atoms with Crippen molar-refractivity contribution in [3.05, 3.63) is 0 Å². The highest BCUT2D eigenvalue weighted by molar-refractivity contribution is 7.90. The minimum absolute atomic E-state index is 0.101. The number of rotatable bonds is 6. The first-order valence-corrected chi connectivity index (χ1v) is 8.10. The highest BCUT2D eigenvalue weighted by atomic mass is 32.2. The Morgan fingerprint density at radius 3 is 2.47 bits per heavy atom. The van der Waals surface area contributed by atoms with Crippen molar-refractivity contribution in [3.63, 3.8) is 0 Å². The number of carbonyl (C=O) groups is 1. The van der Waals surface area contributed by atoms with Gasteiger partial charge in [-0.05, 0) is 19.3 Å². The quantitative estimate of drug-likeness (QED) is 0.717. The second-order valence-electron chi connectivity index (χ2n) is 4.89. The molecule has 1 fully saturated rings. The Morgan fingerprint density at radius 1 is 1.35 bits per heavy atom. The van der Waals surface area contributed by atoms with E-state index in [4.69, 9.17) is 5.73 Å². The number of carbonyl (C=O) groups excluding carboxylic acids is 1. The Hall–Kier alpha value is -0.460. The third-order valence-electron chi connectivity index (χ3n) is 3.00. The summed E-state index contributed by atoms with van der Waals surface area (Å²) >= 11 is 0. The number of sulfone groups is 1. The molecule has 0 aromatic rings. The van der Waals surface area contributed by atoms with E-state index in [1.165, 1.54) is 6.26 Å². The average molecular weight is 262 g/mol. The van der Waals surface area contributed by atoms with Gasteiger partial charge < -0.3 is 5.73 Å². The number of hydrogen-bond donors (Lipinski definition) is 1. The maximum atomic E-state index is 11.6. The van der Waals surface area contributed by atoms with E-state index in [1.807, 2.05) is 0 Å². The van der Waals surface area contributed by atoms with Gasteiger partial charge in [0.1, 0.15) is 15.6 Å². The molecule has 1 aliphatic heterocycles. The lowest BCUT2D eigenvalue weighted by Crippen LogP contribution is -2.41. The van der Waals surface area contributed by atoms with Crippen LogP contribution in [0.3, 0.4) is 0 Å². The molecule has 0 saturated carbocycles. The molecule has 0 radical (unpaired) electrons. The lowest BCUT2D eigenvalue weighted by atomic mass is 10.1. The van der Waals surface area contributed by atoms with Crippen LogP contribution in [0.1, 0.15) is 25.7 Å². The van der Waals surface area contributed by atoms with Crippen molar-refractivity contribution in [1.29, 1.82) is 0 Å². The van der Waals surface area contributed by atoms with Crippen LogP contribution >= 0.6 is 0 Å². The zero-order valence-corrected chi connectivity index (χ0v) is 11.2. The summed E-state index contributed by atoms with van der Waals surface area (Å²) in [6, 6.07) is 0.270. The standard InChI is InChI=1S/C11H22N2O3S/c1-17(15,16)8-2-3-11(14)9-13-6-4-10(12)5-7-13/h10H,2-9,12H2,1H3. The largest absolute Gasteiger partial charge is 0.328 e. The highest BCUT2D eigenvalue weighted by Gasteiger charge is 2.18. The summed E-state index contributed by atoms with van der Waals surface area (Å²) in [7, 11) is -2.94. The summed E-state index contributed by atoms with van der Waals surface area (Å²) in [5.74, 6) is 0.230. The van der Waals surface area contributed by atoms with Gasteiger partial charge in [-0.1, -0.05) is 0 Å². The molecule has 5 nitrogen and oxygen atoms in total. The Balaban J connectivity index is 2.17. The van der Waals surface area contributed by atoms with Gasteiger partial charge in [0.25, 0.3) is 0 Å². The molecule has 1 rings (SSSR count). The zero-order valence-electron chi connectivity index (χ0n) is 10.4. The number of ketones is 1. The van der Waals surface area contributed by atoms with E-state index >= 15 is 0 Å². The number of nitrogens with zero attached hydrogens (tertiary/aromatic N) is 1. The number of nitrogens with two attached hydrogens (primary N) is 1. The number of likely N-dealkylation sites (tertiary alicyclic amines) is 1. The summed E-state index contributed by atoms with van der Waals surface area (Å²) in [6.07, 6.45) is 3.87. The van der Waals surface area contributed by atoms with E-state index < -0.39 is 9.84 Å². The van der Waals surface area contributed by atoms with Gasteiger partial charge in [0.2, 0.25) is 0 Å². The molecule has 1 heterocycles. The SMILES string of the molecule is CS(=O)(=O)CCCC(=O)CN1CCC(N)CC1. The molecule has 0 aromatic carbocycles. The van der Waals surface area contributed by atoms with E-state index in [0.29, 0.717) is 19.4 Å². The van der Waals surface area contributed by atoms with Gasteiger partial charge in [-0.15, -0.1) is 0 Å². The lowest BCUT2D eigenvalue weighted by Gasteiger charge is -2.29. The van der Waals surface area contributed by atoms with Crippen molar-refractivity contribution in [1.82, 2.24) is 4.90 Å². The Morgan fingerprint density at radius 2 is 1.94 bits per heavy atom. The second-order valence-corrected chi connectivity index (χ2v) is 7.15. The van der Waals surface area contributed by atoms with Gasteiger partial charge >= 0.3 is 0 Å².